The van der Waals surface area contributed by atoms with Gasteiger partial charge in [0.15, 0.2) is 11.5 Å². The molecule has 0 spiro atoms. The third kappa shape index (κ3) is 6.82. The third-order valence-corrected chi connectivity index (χ3v) is 7.86. The van der Waals surface area contributed by atoms with E-state index >= 15 is 0 Å². The summed E-state index contributed by atoms with van der Waals surface area (Å²) in [4.78, 5) is 39.2. The molecule has 0 radical (unpaired) electrons. The van der Waals surface area contributed by atoms with Gasteiger partial charge in [-0.2, -0.15) is 11.8 Å². The van der Waals surface area contributed by atoms with Crippen molar-refractivity contribution in [2.45, 2.75) is 38.3 Å². The Balaban J connectivity index is 1.85. The number of carbonyl (C=O) groups excluding carboxylic acids is 2. The molecule has 222 valence electrons. The lowest BCUT2D eigenvalue weighted by molar-refractivity contribution is -0.120. The van der Waals surface area contributed by atoms with Crippen molar-refractivity contribution in [3.05, 3.63) is 75.9 Å². The number of ether oxygens (including phenoxy) is 3. The van der Waals surface area contributed by atoms with E-state index in [-0.39, 0.29) is 22.9 Å². The van der Waals surface area contributed by atoms with Crippen LogP contribution in [0.25, 0.3) is 11.1 Å². The minimum atomic E-state index is -0.648. The summed E-state index contributed by atoms with van der Waals surface area (Å²) in [5.41, 5.74) is 3.74. The second-order valence-electron chi connectivity index (χ2n) is 9.93. The molecule has 3 N–H and O–H groups in total. The summed E-state index contributed by atoms with van der Waals surface area (Å²) in [7, 11) is 4.67. The van der Waals surface area contributed by atoms with Gasteiger partial charge in [0.2, 0.25) is 23.0 Å². The molecule has 0 aromatic heterocycles. The Morgan fingerprint density at radius 2 is 1.74 bits per heavy atom. The van der Waals surface area contributed by atoms with E-state index in [9.17, 15) is 14.4 Å². The van der Waals surface area contributed by atoms with Gasteiger partial charge < -0.3 is 30.2 Å². The van der Waals surface area contributed by atoms with Gasteiger partial charge in [-0.25, -0.2) is 0 Å². The van der Waals surface area contributed by atoms with Gasteiger partial charge in [0, 0.05) is 18.2 Å². The van der Waals surface area contributed by atoms with Gasteiger partial charge in [0.25, 0.3) is 0 Å². The number of thioether (sulfide) groups is 1. The quantitative estimate of drug-likeness (QED) is 0.284. The molecule has 1 aliphatic rings. The molecule has 0 fully saturated rings. The number of carbonyl (C=O) groups is 2. The highest BCUT2D eigenvalue weighted by Gasteiger charge is 2.30. The van der Waals surface area contributed by atoms with Crippen molar-refractivity contribution in [1.29, 1.82) is 0 Å². The monoisotopic (exact) mass is 591 g/mol. The lowest BCUT2D eigenvalue weighted by Gasteiger charge is -2.19. The standard InChI is InChI=1S/C32H37N3O6S/c1-19(36)33-24-13-11-20-17-28(39-2)30(40-3)31(41-4)29(20)22-12-14-25(27(37)18-23(22)24)35-26(15-16-42-5)32(38)34-21-9-7-6-8-10-21/h6-10,12,14,17-18,24,26H,11,13,15-16H2,1-5H3,(H,33,36)(H,34,38)(H,35,37)/t24-,26-/m0/s1. The second-order valence-corrected chi connectivity index (χ2v) is 10.9. The molecule has 1 aliphatic carbocycles. The number of rotatable bonds is 11. The first kappa shape index (κ1) is 30.8. The second kappa shape index (κ2) is 14.1. The number of hydrogen-bond donors (Lipinski definition) is 3. The Morgan fingerprint density at radius 1 is 1.00 bits per heavy atom. The Morgan fingerprint density at radius 3 is 2.38 bits per heavy atom. The van der Waals surface area contributed by atoms with Gasteiger partial charge in [0.1, 0.15) is 6.04 Å². The van der Waals surface area contributed by atoms with Crippen molar-refractivity contribution < 1.29 is 23.8 Å². The van der Waals surface area contributed by atoms with Crippen LogP contribution in [0.15, 0.2) is 59.4 Å². The number of para-hydroxylation sites is 1. The molecule has 3 aromatic rings. The van der Waals surface area contributed by atoms with Crippen LogP contribution < -0.4 is 35.6 Å². The van der Waals surface area contributed by atoms with Crippen molar-refractivity contribution in [1.82, 2.24) is 5.32 Å². The maximum absolute atomic E-state index is 13.7. The van der Waals surface area contributed by atoms with E-state index in [0.717, 1.165) is 22.4 Å². The van der Waals surface area contributed by atoms with Gasteiger partial charge in [-0.1, -0.05) is 24.3 Å². The van der Waals surface area contributed by atoms with Crippen LogP contribution in [0.2, 0.25) is 0 Å². The molecule has 9 nitrogen and oxygen atoms in total. The zero-order valence-electron chi connectivity index (χ0n) is 24.5. The number of benzene rings is 2. The molecule has 0 heterocycles. The fourth-order valence-electron chi connectivity index (χ4n) is 5.27. The predicted octanol–water partition coefficient (Wildman–Crippen LogP) is 5.04. The maximum Gasteiger partial charge on any atom is 0.246 e. The summed E-state index contributed by atoms with van der Waals surface area (Å²) in [5.74, 6) is 1.73. The molecule has 0 saturated heterocycles. The Labute approximate surface area is 250 Å². The smallest absolute Gasteiger partial charge is 0.246 e. The molecule has 0 saturated carbocycles. The van der Waals surface area contributed by atoms with Crippen molar-refractivity contribution in [3.8, 4) is 28.4 Å². The molecule has 10 heteroatoms. The Hall–Kier alpha value is -4.18. The molecule has 4 rings (SSSR count). The molecular formula is C32H37N3O6S. The number of aryl methyl sites for hydroxylation is 1. The van der Waals surface area contributed by atoms with Gasteiger partial charge in [-0.3, -0.25) is 14.4 Å². The van der Waals surface area contributed by atoms with Crippen LogP contribution >= 0.6 is 11.8 Å². The third-order valence-electron chi connectivity index (χ3n) is 7.21. The van der Waals surface area contributed by atoms with Gasteiger partial charge in [-0.05, 0) is 78.3 Å². The summed E-state index contributed by atoms with van der Waals surface area (Å²) in [6.45, 7) is 1.46. The van der Waals surface area contributed by atoms with E-state index < -0.39 is 12.1 Å². The molecule has 42 heavy (non-hydrogen) atoms. The Kier molecular flexibility index (Phi) is 10.4. The minimum absolute atomic E-state index is 0.203. The first-order valence-corrected chi connectivity index (χ1v) is 15.1. The van der Waals surface area contributed by atoms with Crippen LogP contribution in [0.5, 0.6) is 17.2 Å². The number of anilines is 2. The van der Waals surface area contributed by atoms with E-state index in [1.54, 1.807) is 45.2 Å². The van der Waals surface area contributed by atoms with Crippen molar-refractivity contribution in [3.63, 3.8) is 0 Å². The predicted molar refractivity (Wildman–Crippen MR) is 168 cm³/mol. The number of methoxy groups -OCH3 is 3. The van der Waals surface area contributed by atoms with E-state index in [4.69, 9.17) is 14.2 Å². The SMILES string of the molecule is COc1cc2c(c(OC)c1OC)-c1ccc(N[C@@H](CCSC)C(=O)Nc3ccccc3)c(=O)cc1[C@@H](NC(C)=O)CC2. The molecule has 0 bridgehead atoms. The fourth-order valence-corrected chi connectivity index (χ4v) is 5.74. The van der Waals surface area contributed by atoms with Crippen LogP contribution in [0.3, 0.4) is 0 Å². The molecule has 0 aliphatic heterocycles. The van der Waals surface area contributed by atoms with E-state index in [2.05, 4.69) is 16.0 Å². The fraction of sp³-hybridized carbons (Fsp3) is 0.344. The summed E-state index contributed by atoms with van der Waals surface area (Å²) in [5, 5.41) is 9.16. The van der Waals surface area contributed by atoms with Crippen LogP contribution in [-0.2, 0) is 16.0 Å². The molecule has 3 aromatic carbocycles. The summed E-state index contributed by atoms with van der Waals surface area (Å²) in [6.07, 6.45) is 3.64. The largest absolute Gasteiger partial charge is 0.493 e. The first-order valence-electron chi connectivity index (χ1n) is 13.7. The molecule has 0 unspecified atom stereocenters. The highest BCUT2D eigenvalue weighted by atomic mass is 32.2. The van der Waals surface area contributed by atoms with Gasteiger partial charge in [0.05, 0.1) is 33.1 Å². The molecule has 2 amide bonds. The lowest BCUT2D eigenvalue weighted by atomic mass is 9.95. The molecular weight excluding hydrogens is 554 g/mol. The highest BCUT2D eigenvalue weighted by Crippen LogP contribution is 2.50. The number of amides is 2. The summed E-state index contributed by atoms with van der Waals surface area (Å²) >= 11 is 1.62. The summed E-state index contributed by atoms with van der Waals surface area (Å²) in [6, 6.07) is 15.1. The topological polar surface area (TPSA) is 115 Å². The van der Waals surface area contributed by atoms with Crippen LogP contribution in [0.1, 0.15) is 36.9 Å². The van der Waals surface area contributed by atoms with Crippen molar-refractivity contribution in [2.75, 3.05) is 44.0 Å². The summed E-state index contributed by atoms with van der Waals surface area (Å²) < 4.78 is 17.1. The van der Waals surface area contributed by atoms with E-state index in [0.29, 0.717) is 47.8 Å². The average Bonchev–Trinajstić information content (AvgIpc) is 3.22. The van der Waals surface area contributed by atoms with E-state index in [1.165, 1.54) is 6.92 Å². The zero-order valence-corrected chi connectivity index (χ0v) is 25.4. The lowest BCUT2D eigenvalue weighted by Crippen LogP contribution is -2.36. The number of nitrogens with one attached hydrogen (secondary N) is 3. The maximum atomic E-state index is 13.7. The molecule has 2 atom stereocenters. The van der Waals surface area contributed by atoms with Gasteiger partial charge in [-0.15, -0.1) is 0 Å². The number of hydrogen-bond acceptors (Lipinski definition) is 8. The average molecular weight is 592 g/mol. The highest BCUT2D eigenvalue weighted by molar-refractivity contribution is 7.98. The Bertz CT molecular complexity index is 1500. The van der Waals surface area contributed by atoms with Crippen molar-refractivity contribution in [2.24, 2.45) is 0 Å². The van der Waals surface area contributed by atoms with Crippen molar-refractivity contribution >= 4 is 35.0 Å². The van der Waals surface area contributed by atoms with Crippen LogP contribution in [0.4, 0.5) is 11.4 Å². The first-order chi connectivity index (χ1) is 20.3. The van der Waals surface area contributed by atoms with Crippen LogP contribution in [-0.4, -0.2) is 51.2 Å². The van der Waals surface area contributed by atoms with Gasteiger partial charge >= 0.3 is 0 Å². The van der Waals surface area contributed by atoms with Crippen LogP contribution in [0, 0.1) is 0 Å². The zero-order chi connectivity index (χ0) is 30.2. The normalized spacial score (nSPS) is 14.4. The number of fused-ring (bicyclic) bond motifs is 3. The van der Waals surface area contributed by atoms with E-state index in [1.807, 2.05) is 48.7 Å². The minimum Gasteiger partial charge on any atom is -0.493 e.